The fraction of sp³-hybridized carbons (Fsp3) is 0.308. The van der Waals surface area contributed by atoms with E-state index in [2.05, 4.69) is 21.2 Å². The van der Waals surface area contributed by atoms with Gasteiger partial charge in [0.25, 0.3) is 0 Å². The summed E-state index contributed by atoms with van der Waals surface area (Å²) in [4.78, 5) is 11.5. The maximum atomic E-state index is 11.5. The van der Waals surface area contributed by atoms with E-state index in [9.17, 15) is 4.79 Å². The van der Waals surface area contributed by atoms with Crippen LogP contribution in [0.3, 0.4) is 0 Å². The summed E-state index contributed by atoms with van der Waals surface area (Å²) in [7, 11) is 1.61. The minimum Gasteiger partial charge on any atom is -0.383 e. The summed E-state index contributed by atoms with van der Waals surface area (Å²) in [5.74, 6) is -0.113. The minimum atomic E-state index is -0.113. The molecule has 0 aliphatic heterocycles. The molecule has 0 unspecified atom stereocenters. The predicted octanol–water partition coefficient (Wildman–Crippen LogP) is 2.61. The second kappa shape index (κ2) is 7.25. The van der Waals surface area contributed by atoms with Crippen LogP contribution in [-0.2, 0) is 9.53 Å². The van der Waals surface area contributed by atoms with Gasteiger partial charge in [-0.15, -0.1) is 0 Å². The summed E-state index contributed by atoms with van der Waals surface area (Å²) in [6, 6.07) is 7.76. The summed E-state index contributed by atoms with van der Waals surface area (Å²) in [6.45, 7) is 2.41. The zero-order chi connectivity index (χ0) is 12.7. The van der Waals surface area contributed by atoms with Gasteiger partial charge in [-0.1, -0.05) is 28.1 Å². The van der Waals surface area contributed by atoms with Crippen LogP contribution in [0.4, 0.5) is 0 Å². The first-order chi connectivity index (χ1) is 8.11. The molecule has 0 spiro atoms. The van der Waals surface area contributed by atoms with Crippen LogP contribution in [0.1, 0.15) is 12.5 Å². The Balaban J connectivity index is 2.47. The lowest BCUT2D eigenvalue weighted by Gasteiger charge is -2.10. The first-order valence-corrected chi connectivity index (χ1v) is 6.14. The molecule has 17 heavy (non-hydrogen) atoms. The Morgan fingerprint density at radius 3 is 2.71 bits per heavy atom. The fourth-order valence-electron chi connectivity index (χ4n) is 1.33. The number of halogens is 1. The van der Waals surface area contributed by atoms with Gasteiger partial charge in [0, 0.05) is 23.7 Å². The topological polar surface area (TPSA) is 38.3 Å². The van der Waals surface area contributed by atoms with Crippen molar-refractivity contribution >= 4 is 27.9 Å². The quantitative estimate of drug-likeness (QED) is 0.849. The van der Waals surface area contributed by atoms with Crippen molar-refractivity contribution in [2.75, 3.05) is 13.7 Å². The molecule has 1 atom stereocenters. The summed E-state index contributed by atoms with van der Waals surface area (Å²) in [5.41, 5.74) is 0.989. The number of carbonyl (C=O) groups excluding carboxylic acids is 1. The van der Waals surface area contributed by atoms with Crippen LogP contribution in [0.2, 0.25) is 0 Å². The number of hydrogen-bond donors (Lipinski definition) is 1. The van der Waals surface area contributed by atoms with Gasteiger partial charge in [-0.25, -0.2) is 0 Å². The molecule has 1 amide bonds. The van der Waals surface area contributed by atoms with Gasteiger partial charge >= 0.3 is 0 Å². The van der Waals surface area contributed by atoms with E-state index in [-0.39, 0.29) is 11.9 Å². The summed E-state index contributed by atoms with van der Waals surface area (Å²) in [6.07, 6.45) is 3.30. The maximum Gasteiger partial charge on any atom is 0.244 e. The average Bonchev–Trinajstić information content (AvgIpc) is 2.28. The van der Waals surface area contributed by atoms with E-state index in [0.29, 0.717) is 6.61 Å². The Morgan fingerprint density at radius 1 is 1.47 bits per heavy atom. The molecule has 0 aromatic heterocycles. The highest BCUT2D eigenvalue weighted by Gasteiger charge is 2.02. The monoisotopic (exact) mass is 297 g/mol. The van der Waals surface area contributed by atoms with Crippen molar-refractivity contribution in [3.05, 3.63) is 40.4 Å². The summed E-state index contributed by atoms with van der Waals surface area (Å²) < 4.78 is 5.96. The van der Waals surface area contributed by atoms with Crippen molar-refractivity contribution < 1.29 is 9.53 Å². The van der Waals surface area contributed by atoms with Crippen LogP contribution in [0.25, 0.3) is 6.08 Å². The van der Waals surface area contributed by atoms with Gasteiger partial charge in [0.1, 0.15) is 0 Å². The van der Waals surface area contributed by atoms with Gasteiger partial charge in [-0.3, -0.25) is 4.79 Å². The van der Waals surface area contributed by atoms with Crippen LogP contribution in [0, 0.1) is 0 Å². The van der Waals surface area contributed by atoms with Gasteiger partial charge in [0.2, 0.25) is 5.91 Å². The molecule has 0 fully saturated rings. The largest absolute Gasteiger partial charge is 0.383 e. The standard InChI is InChI=1S/C13H16BrNO2/c1-10(9-17-2)15-13(16)8-5-11-3-6-12(14)7-4-11/h3-8,10H,9H2,1-2H3,(H,15,16)/b8-5+/t10-/m0/s1. The van der Waals surface area contributed by atoms with Gasteiger partial charge < -0.3 is 10.1 Å². The highest BCUT2D eigenvalue weighted by molar-refractivity contribution is 9.10. The van der Waals surface area contributed by atoms with Crippen LogP contribution >= 0.6 is 15.9 Å². The Kier molecular flexibility index (Phi) is 5.94. The molecule has 0 saturated carbocycles. The van der Waals surface area contributed by atoms with Crippen molar-refractivity contribution in [3.63, 3.8) is 0 Å². The smallest absolute Gasteiger partial charge is 0.244 e. The molecule has 0 heterocycles. The molecule has 3 nitrogen and oxygen atoms in total. The number of carbonyl (C=O) groups is 1. The van der Waals surface area contributed by atoms with Crippen LogP contribution < -0.4 is 5.32 Å². The lowest BCUT2D eigenvalue weighted by atomic mass is 10.2. The second-order valence-electron chi connectivity index (χ2n) is 3.75. The van der Waals surface area contributed by atoms with Gasteiger partial charge in [-0.05, 0) is 30.7 Å². The highest BCUT2D eigenvalue weighted by atomic mass is 79.9. The minimum absolute atomic E-state index is 0.0158. The number of amides is 1. The Hall–Kier alpha value is -1.13. The lowest BCUT2D eigenvalue weighted by Crippen LogP contribution is -2.34. The third-order valence-electron chi connectivity index (χ3n) is 2.10. The van der Waals surface area contributed by atoms with Gasteiger partial charge in [0.05, 0.1) is 6.61 Å². The number of rotatable bonds is 5. The molecule has 1 aromatic carbocycles. The zero-order valence-electron chi connectivity index (χ0n) is 9.94. The third kappa shape index (κ3) is 5.65. The molecule has 0 radical (unpaired) electrons. The van der Waals surface area contributed by atoms with Crippen LogP contribution in [0.15, 0.2) is 34.8 Å². The lowest BCUT2D eigenvalue weighted by molar-refractivity contribution is -0.117. The van der Waals surface area contributed by atoms with Gasteiger partial charge in [0.15, 0.2) is 0 Å². The van der Waals surface area contributed by atoms with E-state index in [0.717, 1.165) is 10.0 Å². The molecule has 1 aromatic rings. The van der Waals surface area contributed by atoms with E-state index in [1.807, 2.05) is 31.2 Å². The number of nitrogens with one attached hydrogen (secondary N) is 1. The Labute approximate surface area is 110 Å². The molecule has 0 aliphatic rings. The Bertz CT molecular complexity index is 387. The molecule has 0 aliphatic carbocycles. The number of methoxy groups -OCH3 is 1. The first kappa shape index (κ1) is 13.9. The van der Waals surface area contributed by atoms with E-state index in [1.54, 1.807) is 13.2 Å². The van der Waals surface area contributed by atoms with E-state index in [1.165, 1.54) is 6.08 Å². The van der Waals surface area contributed by atoms with Crippen LogP contribution in [-0.4, -0.2) is 25.7 Å². The van der Waals surface area contributed by atoms with Crippen molar-refractivity contribution in [2.45, 2.75) is 13.0 Å². The fourth-order valence-corrected chi connectivity index (χ4v) is 1.59. The number of ether oxygens (including phenoxy) is 1. The first-order valence-electron chi connectivity index (χ1n) is 5.35. The molecular weight excluding hydrogens is 282 g/mol. The molecule has 1 rings (SSSR count). The number of benzene rings is 1. The van der Waals surface area contributed by atoms with Crippen molar-refractivity contribution in [3.8, 4) is 0 Å². The molecule has 4 heteroatoms. The van der Waals surface area contributed by atoms with Crippen molar-refractivity contribution in [1.29, 1.82) is 0 Å². The van der Waals surface area contributed by atoms with Gasteiger partial charge in [-0.2, -0.15) is 0 Å². The molecule has 1 N–H and O–H groups in total. The SMILES string of the molecule is COC[C@H](C)NC(=O)/C=C/c1ccc(Br)cc1. The Morgan fingerprint density at radius 2 is 2.12 bits per heavy atom. The highest BCUT2D eigenvalue weighted by Crippen LogP contribution is 2.11. The summed E-state index contributed by atoms with van der Waals surface area (Å²) >= 11 is 3.36. The van der Waals surface area contributed by atoms with Crippen molar-refractivity contribution in [1.82, 2.24) is 5.32 Å². The number of hydrogen-bond acceptors (Lipinski definition) is 2. The molecule has 92 valence electrons. The van der Waals surface area contributed by atoms with E-state index < -0.39 is 0 Å². The van der Waals surface area contributed by atoms with Crippen LogP contribution in [0.5, 0.6) is 0 Å². The summed E-state index contributed by atoms with van der Waals surface area (Å²) in [5, 5.41) is 2.80. The molecule has 0 bridgehead atoms. The van der Waals surface area contributed by atoms with E-state index in [4.69, 9.17) is 4.74 Å². The second-order valence-corrected chi connectivity index (χ2v) is 4.67. The molecular formula is C13H16BrNO2. The van der Waals surface area contributed by atoms with E-state index >= 15 is 0 Å². The molecule has 0 saturated heterocycles. The predicted molar refractivity (Wildman–Crippen MR) is 72.7 cm³/mol. The van der Waals surface area contributed by atoms with Crippen molar-refractivity contribution in [2.24, 2.45) is 0 Å². The maximum absolute atomic E-state index is 11.5. The normalized spacial score (nSPS) is 12.6. The zero-order valence-corrected chi connectivity index (χ0v) is 11.5. The third-order valence-corrected chi connectivity index (χ3v) is 2.63. The average molecular weight is 298 g/mol.